The van der Waals surface area contributed by atoms with Crippen molar-refractivity contribution in [2.75, 3.05) is 0 Å². The van der Waals surface area contributed by atoms with Crippen LogP contribution in [-0.2, 0) is 8.02 Å². The van der Waals surface area contributed by atoms with Crippen LogP contribution in [0, 0.1) is 0 Å². The molecule has 0 heterocycles. The average Bonchev–Trinajstić information content (AvgIpc) is 0.592. The van der Waals surface area contributed by atoms with E-state index in [4.69, 9.17) is 55.1 Å². The van der Waals surface area contributed by atoms with E-state index in [9.17, 15) is 0 Å². The van der Waals surface area contributed by atoms with Gasteiger partial charge in [-0.3, -0.25) is 0 Å². The fraction of sp³-hybridized carbons (Fsp3) is 0. The molecule has 0 unspecified atom stereocenters. The molecule has 0 aliphatic rings. The molecule has 0 saturated carbocycles. The Morgan fingerprint density at radius 2 is 0.571 bits per heavy atom. The van der Waals surface area contributed by atoms with Crippen molar-refractivity contribution in [3.05, 3.63) is 0 Å². The Labute approximate surface area is 62.3 Å². The van der Waals surface area contributed by atoms with Crippen LogP contribution in [0.5, 0.6) is 0 Å². The second-order valence-corrected chi connectivity index (χ2v) is 70.6. The van der Waals surface area contributed by atoms with Crippen molar-refractivity contribution >= 4 is 55.1 Å². The fourth-order valence-electron chi connectivity index (χ4n) is 0. The van der Waals surface area contributed by atoms with Crippen molar-refractivity contribution in [1.82, 2.24) is 0 Å². The van der Waals surface area contributed by atoms with Crippen molar-refractivity contribution in [1.29, 1.82) is 0 Å². The molecule has 0 nitrogen and oxygen atoms in total. The van der Waals surface area contributed by atoms with Gasteiger partial charge in [0.2, 0.25) is 0 Å². The first-order valence-corrected chi connectivity index (χ1v) is 24.9. The van der Waals surface area contributed by atoms with Gasteiger partial charge in [0.1, 0.15) is 0 Å². The van der Waals surface area contributed by atoms with Gasteiger partial charge in [-0.1, -0.05) is 0 Å². The molecule has 0 radical (unpaired) electrons. The standard InChI is InChI=1S/6ClH.Ta/h6*1H;/q;;;;;;+6/p-6. The summed E-state index contributed by atoms with van der Waals surface area (Å²) in [6.07, 6.45) is 0. The van der Waals surface area contributed by atoms with Gasteiger partial charge in [0, 0.05) is 0 Å². The molecule has 7 heteroatoms. The summed E-state index contributed by atoms with van der Waals surface area (Å²) in [5, 5.41) is 0. The third-order valence-corrected chi connectivity index (χ3v) is 0. The Morgan fingerprint density at radius 1 is 0.571 bits per heavy atom. The van der Waals surface area contributed by atoms with Crippen molar-refractivity contribution in [3.8, 4) is 0 Å². The summed E-state index contributed by atoms with van der Waals surface area (Å²) in [5.74, 6) is 0. The monoisotopic (exact) mass is 391 g/mol. The van der Waals surface area contributed by atoms with Crippen LogP contribution in [0.1, 0.15) is 0 Å². The minimum absolute atomic E-state index is 5.07. The van der Waals surface area contributed by atoms with Crippen LogP contribution in [0.25, 0.3) is 0 Å². The number of rotatable bonds is 0. The van der Waals surface area contributed by atoms with E-state index < -0.39 is 8.02 Å². The van der Waals surface area contributed by atoms with Gasteiger partial charge in [-0.05, 0) is 0 Å². The molecule has 7 heavy (non-hydrogen) atoms. The zero-order chi connectivity index (χ0) is 6.41. The summed E-state index contributed by atoms with van der Waals surface area (Å²) < 4.78 is 0. The topological polar surface area (TPSA) is 0 Å². The number of halogens is 6. The molecule has 0 aliphatic heterocycles. The molecule has 47 valence electrons. The fourth-order valence-corrected chi connectivity index (χ4v) is 0. The Balaban J connectivity index is 4.43. The molecule has 0 spiro atoms. The minimum atomic E-state index is -5.52. The van der Waals surface area contributed by atoms with Gasteiger partial charge in [0.25, 0.3) is 0 Å². The molecule has 0 fully saturated rings. The normalized spacial score (nSPS) is 23.1. The quantitative estimate of drug-likeness (QED) is 0.580. The molecule has 0 saturated heterocycles. The third-order valence-electron chi connectivity index (χ3n) is 0. The molecular weight excluding hydrogens is 394 g/mol. The molecule has 0 atom stereocenters. The van der Waals surface area contributed by atoms with Crippen LogP contribution < -0.4 is 0 Å². The second kappa shape index (κ2) is 1.55. The van der Waals surface area contributed by atoms with Gasteiger partial charge < -0.3 is 0 Å². The van der Waals surface area contributed by atoms with Crippen LogP contribution in [0.3, 0.4) is 0 Å². The summed E-state index contributed by atoms with van der Waals surface area (Å²) >= 11 is 0. The van der Waals surface area contributed by atoms with Crippen LogP contribution in [0.15, 0.2) is 0 Å². The van der Waals surface area contributed by atoms with E-state index in [1.165, 1.54) is 0 Å². The van der Waals surface area contributed by atoms with Gasteiger partial charge in [0.15, 0.2) is 0 Å². The van der Waals surface area contributed by atoms with Gasteiger partial charge in [0.05, 0.1) is 0 Å². The van der Waals surface area contributed by atoms with E-state index >= 15 is 0 Å². The number of hydrogen-bond donors (Lipinski definition) is 0. The van der Waals surface area contributed by atoms with Crippen molar-refractivity contribution in [3.63, 3.8) is 0 Å². The number of hydrogen-bond acceptors (Lipinski definition) is 0. The Kier molecular flexibility index (Phi) is 2.10. The summed E-state index contributed by atoms with van der Waals surface area (Å²) in [6.45, 7) is 0. The van der Waals surface area contributed by atoms with Crippen LogP contribution in [-0.4, -0.2) is 0 Å². The van der Waals surface area contributed by atoms with Crippen LogP contribution in [0.4, 0.5) is 0 Å². The van der Waals surface area contributed by atoms with Gasteiger partial charge >= 0.3 is 63.2 Å². The van der Waals surface area contributed by atoms with E-state index in [-0.39, 0.29) is 0 Å². The van der Waals surface area contributed by atoms with Gasteiger partial charge in [-0.25, -0.2) is 0 Å². The van der Waals surface area contributed by atoms with Crippen LogP contribution in [0.2, 0.25) is 0 Å². The summed E-state index contributed by atoms with van der Waals surface area (Å²) in [5.41, 5.74) is 0. The molecule has 0 aromatic carbocycles. The second-order valence-electron chi connectivity index (χ2n) is 0.958. The SMILES string of the molecule is [Cl][Ta]([Cl])([Cl])([Cl])([Cl])[Cl]. The van der Waals surface area contributed by atoms with E-state index in [0.29, 0.717) is 0 Å². The van der Waals surface area contributed by atoms with E-state index in [2.05, 4.69) is 0 Å². The van der Waals surface area contributed by atoms with Gasteiger partial charge in [-0.2, -0.15) is 0 Å². The maximum atomic E-state index is 5.07. The molecule has 0 rings (SSSR count). The predicted octanol–water partition coefficient (Wildman–Crippen LogP) is 4.13. The zero-order valence-electron chi connectivity index (χ0n) is 2.72. The molecule has 0 aliphatic carbocycles. The molecule has 0 N–H and O–H groups in total. The summed E-state index contributed by atoms with van der Waals surface area (Å²) in [6, 6.07) is 0. The predicted molar refractivity (Wildman–Crippen MR) is 35.1 cm³/mol. The van der Waals surface area contributed by atoms with E-state index in [0.717, 1.165) is 0 Å². The van der Waals surface area contributed by atoms with E-state index in [1.807, 2.05) is 0 Å². The van der Waals surface area contributed by atoms with Crippen LogP contribution >= 0.6 is 55.1 Å². The first-order chi connectivity index (χ1) is 2.45. The average molecular weight is 394 g/mol. The summed E-state index contributed by atoms with van der Waals surface area (Å²) in [4.78, 5) is 0. The zero-order valence-corrected chi connectivity index (χ0v) is 10.5. The van der Waals surface area contributed by atoms with Crippen molar-refractivity contribution < 1.29 is 8.02 Å². The van der Waals surface area contributed by atoms with Crippen molar-refractivity contribution in [2.45, 2.75) is 0 Å². The first-order valence-electron chi connectivity index (χ1n) is 1.01. The first kappa shape index (κ1) is 9.48. The van der Waals surface area contributed by atoms with E-state index in [1.54, 1.807) is 0 Å². The molecule has 0 bridgehead atoms. The molecule has 0 amide bonds. The molecule has 0 aromatic heterocycles. The van der Waals surface area contributed by atoms with Crippen molar-refractivity contribution in [2.24, 2.45) is 0 Å². The Bertz CT molecular complexity index is 62.7. The van der Waals surface area contributed by atoms with Gasteiger partial charge in [-0.15, -0.1) is 0 Å². The Morgan fingerprint density at radius 3 is 0.571 bits per heavy atom. The maximum absolute atomic E-state index is 5.52. The molecule has 0 aromatic rings. The Hall–Kier alpha value is 2.48. The third kappa shape index (κ3) is 57.9. The molecular formula is Cl6Ta. The summed E-state index contributed by atoms with van der Waals surface area (Å²) in [7, 11) is 24.9.